The molecule has 0 spiro atoms. The molecule has 2 saturated heterocycles. The standard InChI is InChI=1S/C11H13BrClN3/c12-8-3-9(13)11(15-5-8)16-2-1-7-4-14-6-10(7)16/h3,5,7,10,14H,1-2,4,6H2/t7-,10+/m0/s1. The molecule has 3 nitrogen and oxygen atoms in total. The third-order valence-corrected chi connectivity index (χ3v) is 4.22. The second-order valence-corrected chi connectivity index (χ2v) is 5.75. The lowest BCUT2D eigenvalue weighted by atomic mass is 10.1. The Balaban J connectivity index is 1.92. The summed E-state index contributed by atoms with van der Waals surface area (Å²) in [4.78, 5) is 6.79. The van der Waals surface area contributed by atoms with Crippen LogP contribution in [0.2, 0.25) is 5.02 Å². The molecular weight excluding hydrogens is 289 g/mol. The zero-order valence-electron chi connectivity index (χ0n) is 8.79. The number of hydrogen-bond acceptors (Lipinski definition) is 3. The Hall–Kier alpha value is -0.320. The van der Waals surface area contributed by atoms with Gasteiger partial charge in [0.25, 0.3) is 0 Å². The van der Waals surface area contributed by atoms with Crippen LogP contribution < -0.4 is 10.2 Å². The van der Waals surface area contributed by atoms with Crippen LogP contribution in [0.15, 0.2) is 16.7 Å². The SMILES string of the molecule is Clc1cc(Br)cnc1N1CC[C@H]2CNC[C@H]21. The minimum atomic E-state index is 0.575. The molecule has 2 aliphatic heterocycles. The Bertz CT molecular complexity index is 412. The molecule has 2 aliphatic rings. The van der Waals surface area contributed by atoms with Crippen molar-refractivity contribution in [2.45, 2.75) is 12.5 Å². The third-order valence-electron chi connectivity index (χ3n) is 3.51. The normalized spacial score (nSPS) is 28.5. The number of nitrogens with zero attached hydrogens (tertiary/aromatic N) is 2. The van der Waals surface area contributed by atoms with Gasteiger partial charge in [0, 0.05) is 36.3 Å². The molecule has 3 heterocycles. The van der Waals surface area contributed by atoms with E-state index in [-0.39, 0.29) is 0 Å². The highest BCUT2D eigenvalue weighted by molar-refractivity contribution is 9.10. The van der Waals surface area contributed by atoms with Crippen LogP contribution in [-0.2, 0) is 0 Å². The molecular formula is C11H13BrClN3. The predicted molar refractivity (Wildman–Crippen MR) is 69.1 cm³/mol. The molecule has 0 saturated carbocycles. The van der Waals surface area contributed by atoms with Gasteiger partial charge in [-0.05, 0) is 34.3 Å². The molecule has 2 fully saturated rings. The van der Waals surface area contributed by atoms with E-state index in [0.29, 0.717) is 6.04 Å². The minimum absolute atomic E-state index is 0.575. The molecule has 0 unspecified atom stereocenters. The summed E-state index contributed by atoms with van der Waals surface area (Å²) in [5.74, 6) is 1.70. The first-order valence-corrected chi connectivity index (χ1v) is 6.71. The van der Waals surface area contributed by atoms with Crippen LogP contribution >= 0.6 is 27.5 Å². The second kappa shape index (κ2) is 4.17. The van der Waals surface area contributed by atoms with Crippen molar-refractivity contribution in [3.8, 4) is 0 Å². The molecule has 86 valence electrons. The topological polar surface area (TPSA) is 28.2 Å². The fourth-order valence-electron chi connectivity index (χ4n) is 2.73. The van der Waals surface area contributed by atoms with E-state index < -0.39 is 0 Å². The average molecular weight is 303 g/mol. The van der Waals surface area contributed by atoms with E-state index in [9.17, 15) is 0 Å². The van der Waals surface area contributed by atoms with Gasteiger partial charge in [-0.3, -0.25) is 0 Å². The highest BCUT2D eigenvalue weighted by atomic mass is 79.9. The summed E-state index contributed by atoms with van der Waals surface area (Å²) in [5.41, 5.74) is 0. The lowest BCUT2D eigenvalue weighted by Crippen LogP contribution is -2.34. The molecule has 2 atom stereocenters. The van der Waals surface area contributed by atoms with E-state index in [1.165, 1.54) is 6.42 Å². The Morgan fingerprint density at radius 2 is 2.38 bits per heavy atom. The van der Waals surface area contributed by atoms with Crippen molar-refractivity contribution >= 4 is 33.3 Å². The number of hydrogen-bond donors (Lipinski definition) is 1. The van der Waals surface area contributed by atoms with Gasteiger partial charge in [-0.2, -0.15) is 0 Å². The predicted octanol–water partition coefficient (Wildman–Crippen LogP) is 2.30. The van der Waals surface area contributed by atoms with Gasteiger partial charge < -0.3 is 10.2 Å². The number of aromatic nitrogens is 1. The monoisotopic (exact) mass is 301 g/mol. The van der Waals surface area contributed by atoms with Crippen LogP contribution in [-0.4, -0.2) is 30.7 Å². The van der Waals surface area contributed by atoms with E-state index >= 15 is 0 Å². The van der Waals surface area contributed by atoms with E-state index in [1.807, 2.05) is 12.3 Å². The summed E-state index contributed by atoms with van der Waals surface area (Å²) in [6, 6.07) is 2.49. The molecule has 0 bridgehead atoms. The summed E-state index contributed by atoms with van der Waals surface area (Å²) in [6.45, 7) is 3.26. The fraction of sp³-hybridized carbons (Fsp3) is 0.545. The molecule has 16 heavy (non-hydrogen) atoms. The van der Waals surface area contributed by atoms with Crippen molar-refractivity contribution < 1.29 is 0 Å². The summed E-state index contributed by atoms with van der Waals surface area (Å²) in [5, 5.41) is 4.17. The number of pyridine rings is 1. The third kappa shape index (κ3) is 1.73. The number of halogens is 2. The van der Waals surface area contributed by atoms with Gasteiger partial charge in [0.1, 0.15) is 5.82 Å². The maximum Gasteiger partial charge on any atom is 0.147 e. The van der Waals surface area contributed by atoms with Crippen molar-refractivity contribution in [2.24, 2.45) is 5.92 Å². The molecule has 0 aliphatic carbocycles. The quantitative estimate of drug-likeness (QED) is 0.863. The molecule has 3 rings (SSSR count). The first kappa shape index (κ1) is 10.8. The molecule has 0 aromatic carbocycles. The molecule has 5 heteroatoms. The molecule has 1 aromatic rings. The molecule has 0 amide bonds. The fourth-order valence-corrected chi connectivity index (χ4v) is 3.47. The summed E-state index contributed by atoms with van der Waals surface area (Å²) < 4.78 is 0.932. The Morgan fingerprint density at radius 3 is 3.19 bits per heavy atom. The first-order chi connectivity index (χ1) is 7.75. The highest BCUT2D eigenvalue weighted by Gasteiger charge is 2.38. The van der Waals surface area contributed by atoms with Crippen LogP contribution in [0.25, 0.3) is 0 Å². The Kier molecular flexibility index (Phi) is 2.81. The molecule has 1 N–H and O–H groups in total. The number of anilines is 1. The first-order valence-electron chi connectivity index (χ1n) is 5.54. The van der Waals surface area contributed by atoms with E-state index in [4.69, 9.17) is 11.6 Å². The van der Waals surface area contributed by atoms with Gasteiger partial charge in [-0.1, -0.05) is 11.6 Å². The van der Waals surface area contributed by atoms with Crippen molar-refractivity contribution in [1.29, 1.82) is 0 Å². The van der Waals surface area contributed by atoms with Gasteiger partial charge in [-0.15, -0.1) is 0 Å². The van der Waals surface area contributed by atoms with Gasteiger partial charge in [0.2, 0.25) is 0 Å². The van der Waals surface area contributed by atoms with Crippen molar-refractivity contribution in [1.82, 2.24) is 10.3 Å². The van der Waals surface area contributed by atoms with Gasteiger partial charge in [0.15, 0.2) is 0 Å². The maximum absolute atomic E-state index is 6.25. The highest BCUT2D eigenvalue weighted by Crippen LogP contribution is 2.35. The largest absolute Gasteiger partial charge is 0.351 e. The van der Waals surface area contributed by atoms with Crippen LogP contribution in [0.4, 0.5) is 5.82 Å². The lowest BCUT2D eigenvalue weighted by Gasteiger charge is -2.25. The van der Waals surface area contributed by atoms with Crippen LogP contribution in [0.5, 0.6) is 0 Å². The number of nitrogens with one attached hydrogen (secondary N) is 1. The Labute approximate surface area is 108 Å². The van der Waals surface area contributed by atoms with Gasteiger partial charge >= 0.3 is 0 Å². The maximum atomic E-state index is 6.25. The van der Waals surface area contributed by atoms with Crippen LogP contribution in [0.1, 0.15) is 6.42 Å². The Morgan fingerprint density at radius 1 is 1.50 bits per heavy atom. The van der Waals surface area contributed by atoms with Crippen LogP contribution in [0.3, 0.4) is 0 Å². The van der Waals surface area contributed by atoms with E-state index in [0.717, 1.165) is 40.9 Å². The molecule has 0 radical (unpaired) electrons. The second-order valence-electron chi connectivity index (χ2n) is 4.43. The summed E-state index contributed by atoms with van der Waals surface area (Å²) >= 11 is 9.63. The molecule has 1 aromatic heterocycles. The minimum Gasteiger partial charge on any atom is -0.351 e. The average Bonchev–Trinajstić information content (AvgIpc) is 2.80. The summed E-state index contributed by atoms with van der Waals surface area (Å²) in [7, 11) is 0. The van der Waals surface area contributed by atoms with Crippen molar-refractivity contribution in [2.75, 3.05) is 24.5 Å². The number of fused-ring (bicyclic) bond motifs is 1. The zero-order chi connectivity index (χ0) is 11.1. The van der Waals surface area contributed by atoms with Gasteiger partial charge in [0.05, 0.1) is 5.02 Å². The van der Waals surface area contributed by atoms with Crippen molar-refractivity contribution in [3.63, 3.8) is 0 Å². The van der Waals surface area contributed by atoms with Crippen molar-refractivity contribution in [3.05, 3.63) is 21.8 Å². The van der Waals surface area contributed by atoms with Crippen LogP contribution in [0, 0.1) is 5.92 Å². The van der Waals surface area contributed by atoms with E-state index in [2.05, 4.69) is 31.1 Å². The lowest BCUT2D eigenvalue weighted by molar-refractivity contribution is 0.577. The number of rotatable bonds is 1. The van der Waals surface area contributed by atoms with E-state index in [1.54, 1.807) is 0 Å². The van der Waals surface area contributed by atoms with Gasteiger partial charge in [-0.25, -0.2) is 4.98 Å². The summed E-state index contributed by atoms with van der Waals surface area (Å²) in [6.07, 6.45) is 3.06. The zero-order valence-corrected chi connectivity index (χ0v) is 11.1. The smallest absolute Gasteiger partial charge is 0.147 e.